The Balaban J connectivity index is 1.01. The second-order valence-electron chi connectivity index (χ2n) is 16.5. The van der Waals surface area contributed by atoms with Crippen molar-refractivity contribution in [2.75, 3.05) is 4.90 Å². The van der Waals surface area contributed by atoms with Crippen molar-refractivity contribution in [2.24, 2.45) is 9.98 Å². The Bertz CT molecular complexity index is 2990. The summed E-state index contributed by atoms with van der Waals surface area (Å²) in [5.41, 5.74) is 15.5. The molecule has 5 nitrogen and oxygen atoms in total. The van der Waals surface area contributed by atoms with Gasteiger partial charge in [-0.3, -0.25) is 0 Å². The number of benzene rings is 8. The Hall–Kier alpha value is -7.50. The normalized spacial score (nSPS) is 17.0. The zero-order chi connectivity index (χ0) is 40.0. The minimum absolute atomic E-state index is 0.127. The van der Waals surface area contributed by atoms with Crippen molar-refractivity contribution >= 4 is 28.7 Å². The highest BCUT2D eigenvalue weighted by Gasteiger charge is 2.51. The molecule has 12 rings (SSSR count). The summed E-state index contributed by atoms with van der Waals surface area (Å²) in [5.74, 6) is 3.01. The van der Waals surface area contributed by atoms with E-state index in [2.05, 4.69) is 212 Å². The minimum Gasteiger partial charge on any atom is -0.456 e. The van der Waals surface area contributed by atoms with Crippen molar-refractivity contribution < 1.29 is 4.74 Å². The summed E-state index contributed by atoms with van der Waals surface area (Å²) in [5, 5.41) is 3.74. The van der Waals surface area contributed by atoms with Crippen molar-refractivity contribution in [1.29, 1.82) is 0 Å². The molecule has 0 saturated carbocycles. The zero-order valence-corrected chi connectivity index (χ0v) is 33.3. The second-order valence-corrected chi connectivity index (χ2v) is 16.5. The third-order valence-corrected chi connectivity index (χ3v) is 13.0. The fourth-order valence-corrected chi connectivity index (χ4v) is 10.3. The number of hydrogen-bond donors (Lipinski definition) is 1. The highest BCUT2D eigenvalue weighted by Crippen LogP contribution is 2.62. The van der Waals surface area contributed by atoms with E-state index in [4.69, 9.17) is 14.7 Å². The monoisotopic (exact) mass is 772 g/mol. The van der Waals surface area contributed by atoms with Crippen LogP contribution in [0.3, 0.4) is 0 Å². The van der Waals surface area contributed by atoms with Crippen LogP contribution in [0.2, 0.25) is 0 Å². The van der Waals surface area contributed by atoms with E-state index in [0.29, 0.717) is 11.7 Å². The van der Waals surface area contributed by atoms with Crippen LogP contribution in [0.15, 0.2) is 204 Å². The minimum atomic E-state index is -0.574. The lowest BCUT2D eigenvalue weighted by molar-refractivity contribution is 0.435. The maximum Gasteiger partial charge on any atom is 0.159 e. The number of hydrogen-bond acceptors (Lipinski definition) is 5. The molecule has 0 saturated heterocycles. The van der Waals surface area contributed by atoms with Gasteiger partial charge in [0.2, 0.25) is 0 Å². The first-order valence-corrected chi connectivity index (χ1v) is 20.7. The molecule has 1 N–H and O–H groups in total. The van der Waals surface area contributed by atoms with Gasteiger partial charge in [0.25, 0.3) is 0 Å². The molecule has 3 aliphatic heterocycles. The molecule has 1 unspecified atom stereocenters. The van der Waals surface area contributed by atoms with Crippen molar-refractivity contribution in [1.82, 2.24) is 5.32 Å². The van der Waals surface area contributed by atoms with Gasteiger partial charge in [0.05, 0.1) is 22.4 Å². The molecule has 4 aliphatic rings. The van der Waals surface area contributed by atoms with Gasteiger partial charge in [-0.1, -0.05) is 159 Å². The van der Waals surface area contributed by atoms with E-state index >= 15 is 0 Å². The highest BCUT2D eigenvalue weighted by atomic mass is 16.5. The first kappa shape index (κ1) is 34.5. The van der Waals surface area contributed by atoms with Crippen molar-refractivity contribution in [3.8, 4) is 22.6 Å². The number of nitrogens with one attached hydrogen (secondary N) is 1. The molecule has 3 heterocycles. The molecule has 0 aromatic heterocycles. The highest BCUT2D eigenvalue weighted by molar-refractivity contribution is 6.14. The van der Waals surface area contributed by atoms with Gasteiger partial charge in [0, 0.05) is 27.8 Å². The topological polar surface area (TPSA) is 49.2 Å². The molecule has 8 aromatic rings. The molecule has 0 radical (unpaired) electrons. The van der Waals surface area contributed by atoms with Crippen LogP contribution in [0.25, 0.3) is 11.1 Å². The number of nitrogens with zero attached hydrogens (tertiary/aromatic N) is 3. The fraction of sp³-hybridized carbons (Fsp3) is 0.0909. The fourth-order valence-electron chi connectivity index (χ4n) is 10.3. The number of ether oxygens (including phenoxy) is 1. The third kappa shape index (κ3) is 4.86. The van der Waals surface area contributed by atoms with Crippen LogP contribution in [-0.2, 0) is 10.8 Å². The average Bonchev–Trinajstić information content (AvgIpc) is 3.60. The summed E-state index contributed by atoms with van der Waals surface area (Å²) < 4.78 is 7.05. The van der Waals surface area contributed by atoms with E-state index in [1.807, 2.05) is 6.07 Å². The predicted octanol–water partition coefficient (Wildman–Crippen LogP) is 12.8. The van der Waals surface area contributed by atoms with E-state index in [1.165, 1.54) is 44.8 Å². The standard InChI is InChI=1S/C55H40N4O/c1-54(2)43-24-10-13-28-47(43)59(48-29-14-11-25-44(48)54)37-33-31-36(32-34-37)52-56-51(35-17-4-3-5-18-35)57-53(58-52)40-21-16-27-46-50(40)60-49-30-15-12-26-45(49)55(46)41-22-8-6-19-38(41)39-20-7-9-23-42(39)55/h3-34,51H,1-2H3,(H,56,57,58). The molecule has 60 heavy (non-hydrogen) atoms. The van der Waals surface area contributed by atoms with E-state index in [9.17, 15) is 0 Å². The smallest absolute Gasteiger partial charge is 0.159 e. The molecule has 8 aromatic carbocycles. The summed E-state index contributed by atoms with van der Waals surface area (Å²) in [4.78, 5) is 13.0. The lowest BCUT2D eigenvalue weighted by Crippen LogP contribution is -2.36. The van der Waals surface area contributed by atoms with E-state index in [0.717, 1.165) is 45.0 Å². The SMILES string of the molecule is CC1(C)c2ccccc2N(c2ccc(C3=NC(c4ccccc4)NC(c4cccc5c4Oc4ccccc4C54c5ccccc5-c5ccccc54)=N3)cc2)c2ccccc21. The van der Waals surface area contributed by atoms with Crippen LogP contribution in [0.1, 0.15) is 70.1 Å². The number of aliphatic imine (C=N–C) groups is 2. The predicted molar refractivity (Wildman–Crippen MR) is 242 cm³/mol. The average molecular weight is 773 g/mol. The van der Waals surface area contributed by atoms with Gasteiger partial charge in [0.15, 0.2) is 5.84 Å². The lowest BCUT2D eigenvalue weighted by atomic mass is 9.66. The van der Waals surface area contributed by atoms with E-state index in [-0.39, 0.29) is 11.6 Å². The molecule has 286 valence electrons. The van der Waals surface area contributed by atoms with Gasteiger partial charge in [0.1, 0.15) is 23.5 Å². The molecule has 0 amide bonds. The molecular formula is C55H40N4O. The summed E-state index contributed by atoms with van der Waals surface area (Å²) in [6, 6.07) is 69.3. The first-order chi connectivity index (χ1) is 29.5. The molecule has 1 atom stereocenters. The van der Waals surface area contributed by atoms with Crippen molar-refractivity contribution in [3.05, 3.63) is 244 Å². The van der Waals surface area contributed by atoms with Crippen molar-refractivity contribution in [2.45, 2.75) is 30.8 Å². The van der Waals surface area contributed by atoms with Crippen LogP contribution >= 0.6 is 0 Å². The van der Waals surface area contributed by atoms with Gasteiger partial charge in [-0.05, 0) is 87.5 Å². The number of fused-ring (bicyclic) bond motifs is 11. The molecule has 0 bridgehead atoms. The molecule has 1 spiro atoms. The zero-order valence-electron chi connectivity index (χ0n) is 33.3. The summed E-state index contributed by atoms with van der Waals surface area (Å²) in [6.45, 7) is 4.64. The van der Waals surface area contributed by atoms with Crippen LogP contribution < -0.4 is 15.0 Å². The van der Waals surface area contributed by atoms with E-state index in [1.54, 1.807) is 0 Å². The van der Waals surface area contributed by atoms with Crippen LogP contribution in [0, 0.1) is 0 Å². The second kappa shape index (κ2) is 13.0. The van der Waals surface area contributed by atoms with Gasteiger partial charge in [-0.2, -0.15) is 0 Å². The Morgan fingerprint density at radius 2 is 1.03 bits per heavy atom. The Morgan fingerprint density at radius 3 is 1.70 bits per heavy atom. The number of rotatable bonds is 4. The van der Waals surface area contributed by atoms with Gasteiger partial charge in [-0.25, -0.2) is 9.98 Å². The molecular weight excluding hydrogens is 733 g/mol. The van der Waals surface area contributed by atoms with Crippen LogP contribution in [0.5, 0.6) is 11.5 Å². The van der Waals surface area contributed by atoms with Gasteiger partial charge in [-0.15, -0.1) is 0 Å². The van der Waals surface area contributed by atoms with E-state index < -0.39 is 5.41 Å². The molecule has 5 heteroatoms. The number of amidine groups is 2. The molecule has 0 fully saturated rings. The maximum absolute atomic E-state index is 7.05. The quantitative estimate of drug-likeness (QED) is 0.194. The van der Waals surface area contributed by atoms with Gasteiger partial charge < -0.3 is 15.0 Å². The summed E-state index contributed by atoms with van der Waals surface area (Å²) in [7, 11) is 0. The van der Waals surface area contributed by atoms with Crippen molar-refractivity contribution in [3.63, 3.8) is 0 Å². The summed E-state index contributed by atoms with van der Waals surface area (Å²) >= 11 is 0. The first-order valence-electron chi connectivity index (χ1n) is 20.7. The lowest BCUT2D eigenvalue weighted by Gasteiger charge is -2.42. The Morgan fingerprint density at radius 1 is 0.500 bits per heavy atom. The maximum atomic E-state index is 7.05. The van der Waals surface area contributed by atoms with Crippen LogP contribution in [-0.4, -0.2) is 11.7 Å². The molecule has 1 aliphatic carbocycles. The third-order valence-electron chi connectivity index (χ3n) is 13.0. The Labute approximate surface area is 350 Å². The van der Waals surface area contributed by atoms with Crippen LogP contribution in [0.4, 0.5) is 17.1 Å². The summed E-state index contributed by atoms with van der Waals surface area (Å²) in [6.07, 6.45) is -0.370. The number of para-hydroxylation sites is 4. The largest absolute Gasteiger partial charge is 0.456 e. The number of anilines is 3. The van der Waals surface area contributed by atoms with Gasteiger partial charge >= 0.3 is 0 Å². The Kier molecular flexibility index (Phi) is 7.48.